The van der Waals surface area contributed by atoms with Gasteiger partial charge < -0.3 is 14.6 Å². The van der Waals surface area contributed by atoms with Crippen LogP contribution in [0.25, 0.3) is 10.8 Å². The Morgan fingerprint density at radius 2 is 1.57 bits per heavy atom. The van der Waals surface area contributed by atoms with Crippen LogP contribution in [-0.4, -0.2) is 30.1 Å². The minimum atomic E-state index is -0.777. The molecule has 0 saturated heterocycles. The predicted molar refractivity (Wildman–Crippen MR) is 148 cm³/mol. The van der Waals surface area contributed by atoms with Gasteiger partial charge in [-0.3, -0.25) is 9.59 Å². The molecule has 0 heterocycles. The third-order valence-corrected chi connectivity index (χ3v) is 6.02. The highest BCUT2D eigenvalue weighted by atomic mass is 16.5. The van der Waals surface area contributed by atoms with E-state index in [1.165, 1.54) is 10.8 Å². The highest BCUT2D eigenvalue weighted by Gasteiger charge is 2.09. The van der Waals surface area contributed by atoms with E-state index in [0.717, 1.165) is 46.5 Å². The minimum absolute atomic E-state index is 0.0331. The van der Waals surface area contributed by atoms with Gasteiger partial charge in [0.05, 0.1) is 12.7 Å². The molecule has 5 nitrogen and oxygen atoms in total. The molecule has 1 unspecified atom stereocenters. The van der Waals surface area contributed by atoms with Crippen LogP contribution in [0, 0.1) is 13.8 Å². The van der Waals surface area contributed by atoms with Gasteiger partial charge in [-0.05, 0) is 78.9 Å². The number of fused-ring (bicyclic) bond motifs is 1. The van der Waals surface area contributed by atoms with E-state index in [9.17, 15) is 9.59 Å². The molecule has 0 aliphatic heterocycles. The van der Waals surface area contributed by atoms with E-state index in [4.69, 9.17) is 14.6 Å². The highest BCUT2D eigenvalue weighted by molar-refractivity contribution is 5.84. The zero-order valence-electron chi connectivity index (χ0n) is 21.6. The lowest BCUT2D eigenvalue weighted by Gasteiger charge is -2.18. The van der Waals surface area contributed by atoms with Crippen molar-refractivity contribution >= 4 is 23.0 Å². The van der Waals surface area contributed by atoms with Crippen LogP contribution in [0.1, 0.15) is 46.8 Å². The topological polar surface area (TPSA) is 72.8 Å². The Morgan fingerprint density at radius 1 is 0.892 bits per heavy atom. The van der Waals surface area contributed by atoms with Gasteiger partial charge in [0.1, 0.15) is 17.8 Å². The minimum Gasteiger partial charge on any atom is -0.493 e. The molecule has 0 fully saturated rings. The molecule has 0 bridgehead atoms. The molecule has 4 aromatic carbocycles. The smallest absolute Gasteiger partial charge is 0.303 e. The van der Waals surface area contributed by atoms with Gasteiger partial charge in [0.2, 0.25) is 0 Å². The first-order valence-electron chi connectivity index (χ1n) is 12.5. The molecule has 4 rings (SSSR count). The Bertz CT molecular complexity index is 1310. The molecule has 0 aliphatic rings. The summed E-state index contributed by atoms with van der Waals surface area (Å²) in [5, 5.41) is 11.2. The van der Waals surface area contributed by atoms with Crippen molar-refractivity contribution in [3.63, 3.8) is 0 Å². The monoisotopic (exact) mass is 498 g/mol. The number of ether oxygens (including phenoxy) is 2. The summed E-state index contributed by atoms with van der Waals surface area (Å²) in [4.78, 5) is 20.7. The van der Waals surface area contributed by atoms with Crippen LogP contribution >= 0.6 is 0 Å². The summed E-state index contributed by atoms with van der Waals surface area (Å²) >= 11 is 0. The van der Waals surface area contributed by atoms with E-state index in [1.54, 1.807) is 12.1 Å². The first-order valence-corrected chi connectivity index (χ1v) is 12.5. The lowest BCUT2D eigenvalue weighted by Crippen LogP contribution is -2.16. The number of carboxylic acids is 1. The molecule has 0 aliphatic carbocycles. The molecule has 5 heteroatoms. The fraction of sp³-hybridized carbons (Fsp3) is 0.250. The second-order valence-corrected chi connectivity index (χ2v) is 9.04. The second-order valence-electron chi connectivity index (χ2n) is 9.04. The van der Waals surface area contributed by atoms with Gasteiger partial charge in [-0.2, -0.15) is 0 Å². The van der Waals surface area contributed by atoms with Gasteiger partial charge in [-0.1, -0.05) is 60.7 Å². The van der Waals surface area contributed by atoms with Crippen molar-refractivity contribution in [3.05, 3.63) is 107 Å². The number of rotatable bonds is 10. The Hall–Kier alpha value is -4.12. The predicted octanol–water partition coefficient (Wildman–Crippen LogP) is 7.21. The van der Waals surface area contributed by atoms with Gasteiger partial charge in [0.15, 0.2) is 0 Å². The number of hydrogen-bond donors (Lipinski definition) is 1. The number of aldehydes is 1. The molecule has 0 amide bonds. The molecule has 0 spiro atoms. The van der Waals surface area contributed by atoms with Gasteiger partial charge in [0.25, 0.3) is 0 Å². The molecule has 4 aromatic rings. The van der Waals surface area contributed by atoms with Gasteiger partial charge in [0, 0.05) is 18.4 Å². The van der Waals surface area contributed by atoms with Crippen LogP contribution in [0.3, 0.4) is 0 Å². The second kappa shape index (κ2) is 13.8. The van der Waals surface area contributed by atoms with E-state index < -0.39 is 5.97 Å². The summed E-state index contributed by atoms with van der Waals surface area (Å²) in [5.41, 5.74) is 3.96. The van der Waals surface area contributed by atoms with Crippen molar-refractivity contribution in [2.24, 2.45) is 0 Å². The molecular weight excluding hydrogens is 464 g/mol. The Kier molecular flexibility index (Phi) is 10.3. The third-order valence-electron chi connectivity index (χ3n) is 6.02. The fourth-order valence-electron chi connectivity index (χ4n) is 3.89. The molecule has 37 heavy (non-hydrogen) atoms. The maximum absolute atomic E-state index is 10.7. The summed E-state index contributed by atoms with van der Waals surface area (Å²) in [6.07, 6.45) is 2.32. The lowest BCUT2D eigenvalue weighted by atomic mass is 10.0. The van der Waals surface area contributed by atoms with Gasteiger partial charge in [-0.15, -0.1) is 0 Å². The molecule has 1 N–H and O–H groups in total. The average Bonchev–Trinajstić information content (AvgIpc) is 2.89. The standard InChI is InChI=1S/C25H28O4.C7H6O/c1-17-15-23(10-8-20(17)9-11-25(26)27)28-13-12-19(3)29-24-16-22-7-5-4-6-21(22)14-18(24)2;8-6-7-4-2-1-3-5-7/h4-8,10,14-16,19H,9,11-13H2,1-3H3,(H,26,27);1-6H. The summed E-state index contributed by atoms with van der Waals surface area (Å²) in [7, 11) is 0. The van der Waals surface area contributed by atoms with Crippen molar-refractivity contribution in [2.75, 3.05) is 6.61 Å². The molecule has 192 valence electrons. The van der Waals surface area contributed by atoms with Crippen molar-refractivity contribution in [1.82, 2.24) is 0 Å². The van der Waals surface area contributed by atoms with Gasteiger partial charge in [-0.25, -0.2) is 0 Å². The van der Waals surface area contributed by atoms with E-state index in [-0.39, 0.29) is 12.5 Å². The van der Waals surface area contributed by atoms with Crippen molar-refractivity contribution in [1.29, 1.82) is 0 Å². The van der Waals surface area contributed by atoms with Crippen molar-refractivity contribution < 1.29 is 24.2 Å². The summed E-state index contributed by atoms with van der Waals surface area (Å²) in [6, 6.07) is 27.5. The lowest BCUT2D eigenvalue weighted by molar-refractivity contribution is -0.136. The Labute approximate surface area is 218 Å². The number of benzene rings is 4. The van der Waals surface area contributed by atoms with Crippen LogP contribution in [0.2, 0.25) is 0 Å². The molecule has 1 atom stereocenters. The summed E-state index contributed by atoms with van der Waals surface area (Å²) in [6.45, 7) is 6.66. The Balaban J connectivity index is 0.000000405. The first kappa shape index (κ1) is 27.5. The third kappa shape index (κ3) is 8.80. The largest absolute Gasteiger partial charge is 0.493 e. The van der Waals surface area contributed by atoms with Crippen molar-refractivity contribution in [3.8, 4) is 11.5 Å². The molecule has 0 aromatic heterocycles. The zero-order valence-corrected chi connectivity index (χ0v) is 21.6. The van der Waals surface area contributed by atoms with E-state index in [0.29, 0.717) is 13.0 Å². The maximum atomic E-state index is 10.7. The average molecular weight is 499 g/mol. The van der Waals surface area contributed by atoms with Crippen LogP contribution in [-0.2, 0) is 11.2 Å². The number of carbonyl (C=O) groups is 2. The SMILES string of the molecule is Cc1cc(OCCC(C)Oc2cc3ccccc3cc2C)ccc1CCC(=O)O.O=Cc1ccccc1. The number of aliphatic carboxylic acids is 1. The highest BCUT2D eigenvalue weighted by Crippen LogP contribution is 2.27. The molecular formula is C32H34O5. The number of carboxylic acid groups (broad SMARTS) is 1. The fourth-order valence-corrected chi connectivity index (χ4v) is 3.89. The number of aryl methyl sites for hydroxylation is 3. The molecule has 0 radical (unpaired) electrons. The molecule has 0 saturated carbocycles. The van der Waals surface area contributed by atoms with E-state index >= 15 is 0 Å². The number of hydrogen-bond acceptors (Lipinski definition) is 4. The normalized spacial score (nSPS) is 11.2. The van der Waals surface area contributed by atoms with E-state index in [2.05, 4.69) is 38.1 Å². The van der Waals surface area contributed by atoms with E-state index in [1.807, 2.05) is 55.5 Å². The number of carbonyl (C=O) groups excluding carboxylic acids is 1. The van der Waals surface area contributed by atoms with Crippen molar-refractivity contribution in [2.45, 2.75) is 46.1 Å². The van der Waals surface area contributed by atoms with Crippen LogP contribution in [0.15, 0.2) is 84.9 Å². The first-order chi connectivity index (χ1) is 17.9. The summed E-state index contributed by atoms with van der Waals surface area (Å²) < 4.78 is 12.0. The van der Waals surface area contributed by atoms with Crippen LogP contribution in [0.5, 0.6) is 11.5 Å². The van der Waals surface area contributed by atoms with Crippen LogP contribution < -0.4 is 9.47 Å². The maximum Gasteiger partial charge on any atom is 0.303 e. The van der Waals surface area contributed by atoms with Crippen LogP contribution in [0.4, 0.5) is 0 Å². The quantitative estimate of drug-likeness (QED) is 0.234. The zero-order chi connectivity index (χ0) is 26.6. The van der Waals surface area contributed by atoms with Gasteiger partial charge >= 0.3 is 5.97 Å². The summed E-state index contributed by atoms with van der Waals surface area (Å²) in [5.74, 6) is 0.936. The Morgan fingerprint density at radius 3 is 2.19 bits per heavy atom.